The number of ether oxygens (including phenoxy) is 1. The van der Waals surface area contributed by atoms with Gasteiger partial charge in [0.2, 0.25) is 5.54 Å². The molecule has 1 aromatic carbocycles. The van der Waals surface area contributed by atoms with Gasteiger partial charge in [0.05, 0.1) is 13.7 Å². The smallest absolute Gasteiger partial charge is 0.323 e. The van der Waals surface area contributed by atoms with Crippen LogP contribution < -0.4 is 15.4 Å². The number of urea groups is 1. The number of hydrogen-bond acceptors (Lipinski definition) is 8. The number of piperazine rings is 1. The first-order chi connectivity index (χ1) is 18.2. The summed E-state index contributed by atoms with van der Waals surface area (Å²) in [6, 6.07) is 6.86. The number of hydrogen-bond donors (Lipinski definition) is 3. The van der Waals surface area contributed by atoms with Crippen LogP contribution >= 0.6 is 0 Å². The second-order valence-corrected chi connectivity index (χ2v) is 9.41. The number of imide groups is 1. The van der Waals surface area contributed by atoms with Gasteiger partial charge in [0.15, 0.2) is 11.4 Å². The molecule has 0 spiro atoms. The van der Waals surface area contributed by atoms with E-state index in [1.807, 2.05) is 7.05 Å². The number of amides is 5. The van der Waals surface area contributed by atoms with E-state index in [9.17, 15) is 24.3 Å². The van der Waals surface area contributed by atoms with Gasteiger partial charge in [0.1, 0.15) is 11.4 Å². The minimum atomic E-state index is -1.76. The summed E-state index contributed by atoms with van der Waals surface area (Å²) in [7, 11) is 3.42. The monoisotopic (exact) mass is 518 g/mol. The standard InChI is InChI=1S/C26H26N6O6/c1-30-9-11-31(12-10-30)23(35)20-5-6-21(38-2)19(27-20)7-8-26(24(36)28-25(37)29-26)15-32-14-16-3-4-17(33)13-18(16)22(32)34/h3-6,13,33H,9-12,14-15H2,1-2H3,(H2,28,29,36,37)/t26-/m1/s1. The van der Waals surface area contributed by atoms with Crippen molar-refractivity contribution >= 4 is 23.8 Å². The zero-order valence-corrected chi connectivity index (χ0v) is 20.9. The molecule has 12 nitrogen and oxygen atoms in total. The van der Waals surface area contributed by atoms with Crippen molar-refractivity contribution in [1.82, 2.24) is 30.3 Å². The predicted octanol–water partition coefficient (Wildman–Crippen LogP) is -0.231. The number of nitrogens with one attached hydrogen (secondary N) is 2. The zero-order chi connectivity index (χ0) is 27.0. The lowest BCUT2D eigenvalue weighted by atomic mass is 9.99. The number of aromatic nitrogens is 1. The number of benzene rings is 1. The van der Waals surface area contributed by atoms with Crippen LogP contribution in [0.5, 0.6) is 11.5 Å². The van der Waals surface area contributed by atoms with Crippen LogP contribution in [-0.2, 0) is 11.3 Å². The number of nitrogens with zero attached hydrogens (tertiary/aromatic N) is 4. The molecule has 38 heavy (non-hydrogen) atoms. The van der Waals surface area contributed by atoms with Gasteiger partial charge in [-0.3, -0.25) is 19.7 Å². The second kappa shape index (κ2) is 9.68. The molecule has 0 saturated carbocycles. The highest BCUT2D eigenvalue weighted by molar-refractivity contribution is 6.10. The number of fused-ring (bicyclic) bond motifs is 1. The molecule has 5 rings (SSSR count). The Morgan fingerprint density at radius 3 is 2.61 bits per heavy atom. The minimum absolute atomic E-state index is 0.0514. The summed E-state index contributed by atoms with van der Waals surface area (Å²) in [4.78, 5) is 60.7. The van der Waals surface area contributed by atoms with Crippen molar-refractivity contribution in [2.24, 2.45) is 0 Å². The maximum atomic E-state index is 13.0. The van der Waals surface area contributed by atoms with Crippen molar-refractivity contribution in [2.75, 3.05) is 46.9 Å². The van der Waals surface area contributed by atoms with E-state index < -0.39 is 23.4 Å². The van der Waals surface area contributed by atoms with E-state index in [2.05, 4.69) is 32.4 Å². The molecule has 5 amide bonds. The van der Waals surface area contributed by atoms with Gasteiger partial charge in [-0.1, -0.05) is 12.0 Å². The Balaban J connectivity index is 1.45. The number of methoxy groups -OCH3 is 1. The molecule has 2 aromatic rings. The van der Waals surface area contributed by atoms with Gasteiger partial charge in [-0.15, -0.1) is 0 Å². The molecule has 3 N–H and O–H groups in total. The van der Waals surface area contributed by atoms with Gasteiger partial charge in [-0.2, -0.15) is 0 Å². The lowest BCUT2D eigenvalue weighted by molar-refractivity contribution is -0.122. The number of phenolic OH excluding ortho intramolecular Hbond substituents is 1. The number of pyridine rings is 1. The molecular weight excluding hydrogens is 492 g/mol. The number of rotatable bonds is 4. The van der Waals surface area contributed by atoms with Gasteiger partial charge >= 0.3 is 6.03 Å². The van der Waals surface area contributed by atoms with Crippen LogP contribution in [0.2, 0.25) is 0 Å². The normalized spacial score (nSPS) is 20.9. The average molecular weight is 519 g/mol. The Hall–Kier alpha value is -4.63. The van der Waals surface area contributed by atoms with Crippen molar-refractivity contribution < 1.29 is 29.0 Å². The number of carbonyl (C=O) groups excluding carboxylic acids is 4. The Labute approximate surface area is 218 Å². The van der Waals surface area contributed by atoms with E-state index in [1.54, 1.807) is 23.1 Å². The molecule has 0 bridgehead atoms. The molecule has 2 fully saturated rings. The number of carbonyl (C=O) groups is 4. The van der Waals surface area contributed by atoms with Crippen molar-refractivity contribution in [3.05, 3.63) is 52.8 Å². The third-order valence-electron chi connectivity index (χ3n) is 6.82. The van der Waals surface area contributed by atoms with E-state index >= 15 is 0 Å². The summed E-state index contributed by atoms with van der Waals surface area (Å²) < 4.78 is 5.37. The van der Waals surface area contributed by atoms with Crippen molar-refractivity contribution in [3.63, 3.8) is 0 Å². The first-order valence-electron chi connectivity index (χ1n) is 12.0. The van der Waals surface area contributed by atoms with Crippen molar-refractivity contribution in [2.45, 2.75) is 12.1 Å². The number of phenols is 1. The fourth-order valence-electron chi connectivity index (χ4n) is 4.65. The summed E-state index contributed by atoms with van der Waals surface area (Å²) >= 11 is 0. The molecule has 4 heterocycles. The molecule has 12 heteroatoms. The summed E-state index contributed by atoms with van der Waals surface area (Å²) in [5.41, 5.74) is -0.475. The van der Waals surface area contributed by atoms with E-state index in [4.69, 9.17) is 4.74 Å². The highest BCUT2D eigenvalue weighted by atomic mass is 16.5. The first-order valence-corrected chi connectivity index (χ1v) is 12.0. The van der Waals surface area contributed by atoms with Gasteiger partial charge in [-0.05, 0) is 42.8 Å². The van der Waals surface area contributed by atoms with Crippen LogP contribution in [-0.4, -0.2) is 101 Å². The van der Waals surface area contributed by atoms with E-state index in [0.29, 0.717) is 24.2 Å². The average Bonchev–Trinajstić information content (AvgIpc) is 3.36. The maximum absolute atomic E-state index is 13.0. The lowest BCUT2D eigenvalue weighted by Gasteiger charge is -2.32. The first kappa shape index (κ1) is 25.0. The molecule has 0 aliphatic carbocycles. The van der Waals surface area contributed by atoms with Gasteiger partial charge in [0.25, 0.3) is 17.7 Å². The van der Waals surface area contributed by atoms with Gasteiger partial charge in [-0.25, -0.2) is 9.78 Å². The van der Waals surface area contributed by atoms with E-state index in [0.717, 1.165) is 13.1 Å². The van der Waals surface area contributed by atoms with Crippen LogP contribution in [0.15, 0.2) is 30.3 Å². The lowest BCUT2D eigenvalue weighted by Crippen LogP contribution is -2.54. The Bertz CT molecular complexity index is 1410. The largest absolute Gasteiger partial charge is 0.508 e. The third kappa shape index (κ3) is 4.59. The third-order valence-corrected chi connectivity index (χ3v) is 6.82. The fourth-order valence-corrected chi connectivity index (χ4v) is 4.65. The Morgan fingerprint density at radius 1 is 1.16 bits per heavy atom. The van der Waals surface area contributed by atoms with Crippen LogP contribution in [0, 0.1) is 11.8 Å². The molecule has 0 unspecified atom stereocenters. The molecule has 1 aromatic heterocycles. The molecule has 1 atom stereocenters. The molecule has 196 valence electrons. The van der Waals surface area contributed by atoms with Crippen LogP contribution in [0.4, 0.5) is 4.79 Å². The van der Waals surface area contributed by atoms with Gasteiger partial charge < -0.3 is 29.9 Å². The highest BCUT2D eigenvalue weighted by Crippen LogP contribution is 2.28. The summed E-state index contributed by atoms with van der Waals surface area (Å²) in [6.07, 6.45) is 0. The van der Waals surface area contributed by atoms with Gasteiger partial charge in [0, 0.05) is 38.3 Å². The van der Waals surface area contributed by atoms with Crippen LogP contribution in [0.1, 0.15) is 32.1 Å². The topological polar surface area (TPSA) is 144 Å². The summed E-state index contributed by atoms with van der Waals surface area (Å²) in [5, 5.41) is 14.5. The zero-order valence-electron chi connectivity index (χ0n) is 20.9. The van der Waals surface area contributed by atoms with Crippen LogP contribution in [0.25, 0.3) is 0 Å². The number of aromatic hydroxyl groups is 1. The summed E-state index contributed by atoms with van der Waals surface area (Å²) in [6.45, 7) is 2.59. The van der Waals surface area contributed by atoms with Crippen molar-refractivity contribution in [3.8, 4) is 23.3 Å². The maximum Gasteiger partial charge on any atom is 0.323 e. The molecule has 2 saturated heterocycles. The highest BCUT2D eigenvalue weighted by Gasteiger charge is 2.48. The van der Waals surface area contributed by atoms with Crippen LogP contribution in [0.3, 0.4) is 0 Å². The van der Waals surface area contributed by atoms with E-state index in [1.165, 1.54) is 24.1 Å². The quantitative estimate of drug-likeness (QED) is 0.372. The minimum Gasteiger partial charge on any atom is -0.508 e. The molecule has 3 aliphatic heterocycles. The Kier molecular flexibility index (Phi) is 6.38. The molecule has 3 aliphatic rings. The molecule has 0 radical (unpaired) electrons. The fraction of sp³-hybridized carbons (Fsp3) is 0.346. The predicted molar refractivity (Wildman–Crippen MR) is 133 cm³/mol. The second-order valence-electron chi connectivity index (χ2n) is 9.41. The number of likely N-dealkylation sites (N-methyl/N-ethyl adjacent to an activating group) is 1. The van der Waals surface area contributed by atoms with E-state index in [-0.39, 0.29) is 41.9 Å². The SMILES string of the molecule is COc1ccc(C(=O)N2CCN(C)CC2)nc1C#C[C@]1(CN2Cc3ccc(O)cc3C2=O)NC(=O)NC1=O. The molecular formula is C26H26N6O6. The van der Waals surface area contributed by atoms with Crippen molar-refractivity contribution in [1.29, 1.82) is 0 Å². The Morgan fingerprint density at radius 2 is 1.92 bits per heavy atom. The summed E-state index contributed by atoms with van der Waals surface area (Å²) in [5.74, 6) is 4.47.